The lowest BCUT2D eigenvalue weighted by molar-refractivity contribution is -0.136. The van der Waals surface area contributed by atoms with Crippen molar-refractivity contribution in [2.75, 3.05) is 13.2 Å². The minimum absolute atomic E-state index is 0.0787. The number of oxazole rings is 1. The molecule has 0 spiro atoms. The smallest absolute Gasteiger partial charge is 0.371 e. The van der Waals surface area contributed by atoms with Crippen molar-refractivity contribution in [3.8, 4) is 17.2 Å². The summed E-state index contributed by atoms with van der Waals surface area (Å²) in [6.07, 6.45) is 2.14. The van der Waals surface area contributed by atoms with Crippen molar-refractivity contribution in [3.63, 3.8) is 0 Å². The number of benzene rings is 2. The van der Waals surface area contributed by atoms with Crippen molar-refractivity contribution in [1.82, 2.24) is 4.98 Å². The van der Waals surface area contributed by atoms with Crippen LogP contribution in [0.3, 0.4) is 0 Å². The predicted octanol–water partition coefficient (Wildman–Crippen LogP) is 5.04. The van der Waals surface area contributed by atoms with Gasteiger partial charge in [0.2, 0.25) is 11.6 Å². The molecule has 0 atom stereocenters. The number of aromatic nitrogens is 1. The number of ether oxygens (including phenoxy) is 2. The molecule has 3 rings (SSSR count). The van der Waals surface area contributed by atoms with Gasteiger partial charge in [-0.3, -0.25) is 0 Å². The maximum absolute atomic E-state index is 11.2. The van der Waals surface area contributed by atoms with E-state index in [4.69, 9.17) is 13.9 Å². The Morgan fingerprint density at radius 2 is 1.93 bits per heavy atom. The van der Waals surface area contributed by atoms with E-state index in [1.54, 1.807) is 6.92 Å². The molecule has 1 aromatic heterocycles. The van der Waals surface area contributed by atoms with Crippen molar-refractivity contribution in [2.45, 2.75) is 27.2 Å². The molecular formula is C24H25NO5. The Morgan fingerprint density at radius 3 is 2.60 bits per heavy atom. The molecule has 0 saturated heterocycles. The monoisotopic (exact) mass is 407 g/mol. The molecule has 0 radical (unpaired) electrons. The van der Waals surface area contributed by atoms with Gasteiger partial charge < -0.3 is 19.0 Å². The number of carboxylic acid groups (broad SMARTS) is 1. The number of hydrogen-bond donors (Lipinski definition) is 1. The van der Waals surface area contributed by atoms with Crippen molar-refractivity contribution in [1.29, 1.82) is 0 Å². The number of nitrogens with zero attached hydrogens (tertiary/aromatic N) is 1. The Labute approximate surface area is 175 Å². The van der Waals surface area contributed by atoms with E-state index in [0.29, 0.717) is 31.3 Å². The van der Waals surface area contributed by atoms with Gasteiger partial charge >= 0.3 is 5.97 Å². The maximum atomic E-state index is 11.2. The highest BCUT2D eigenvalue weighted by molar-refractivity contribution is 5.90. The number of aliphatic carboxylic acids is 1. The van der Waals surface area contributed by atoms with Crippen molar-refractivity contribution in [2.24, 2.45) is 0 Å². The number of carboxylic acids is 1. The Kier molecular flexibility index (Phi) is 6.91. The summed E-state index contributed by atoms with van der Waals surface area (Å²) in [5, 5.41) is 9.20. The van der Waals surface area contributed by atoms with E-state index < -0.39 is 5.97 Å². The van der Waals surface area contributed by atoms with Gasteiger partial charge in [0.1, 0.15) is 11.5 Å². The van der Waals surface area contributed by atoms with Crippen LogP contribution in [0, 0.1) is 13.8 Å². The van der Waals surface area contributed by atoms with Gasteiger partial charge in [0.25, 0.3) is 0 Å². The second kappa shape index (κ2) is 9.78. The van der Waals surface area contributed by atoms with E-state index >= 15 is 0 Å². The number of hydrogen-bond acceptors (Lipinski definition) is 5. The van der Waals surface area contributed by atoms with Gasteiger partial charge in [0.05, 0.1) is 18.9 Å². The first kappa shape index (κ1) is 21.2. The lowest BCUT2D eigenvalue weighted by Crippen LogP contribution is -2.05. The number of aryl methyl sites for hydroxylation is 2. The van der Waals surface area contributed by atoms with Crippen LogP contribution in [0.15, 0.2) is 58.7 Å². The van der Waals surface area contributed by atoms with Crippen molar-refractivity contribution in [3.05, 3.63) is 76.9 Å². The van der Waals surface area contributed by atoms with Gasteiger partial charge in [-0.25, -0.2) is 9.78 Å². The van der Waals surface area contributed by atoms with Crippen LogP contribution in [-0.2, 0) is 16.0 Å². The summed E-state index contributed by atoms with van der Waals surface area (Å²) in [5.74, 6) is 0.937. The fraction of sp³-hybridized carbons (Fsp3) is 0.250. The maximum Gasteiger partial charge on any atom is 0.371 e. The van der Waals surface area contributed by atoms with Gasteiger partial charge in [-0.1, -0.05) is 24.3 Å². The predicted molar refractivity (Wildman–Crippen MR) is 114 cm³/mol. The van der Waals surface area contributed by atoms with E-state index in [-0.39, 0.29) is 5.76 Å². The van der Waals surface area contributed by atoms with Crippen LogP contribution in [0.2, 0.25) is 0 Å². The normalized spacial score (nSPS) is 11.4. The summed E-state index contributed by atoms with van der Waals surface area (Å²) in [6.45, 7) is 6.30. The molecule has 6 heteroatoms. The molecule has 156 valence electrons. The third-order valence-corrected chi connectivity index (χ3v) is 4.56. The van der Waals surface area contributed by atoms with E-state index in [1.807, 2.05) is 62.4 Å². The molecule has 3 aromatic rings. The highest BCUT2D eigenvalue weighted by Gasteiger charge is 2.12. The van der Waals surface area contributed by atoms with E-state index in [1.165, 1.54) is 6.08 Å². The largest absolute Gasteiger partial charge is 0.493 e. The molecule has 0 amide bonds. The topological polar surface area (TPSA) is 81.8 Å². The minimum Gasteiger partial charge on any atom is -0.493 e. The van der Waals surface area contributed by atoms with Crippen LogP contribution in [0.5, 0.6) is 5.75 Å². The van der Waals surface area contributed by atoms with Gasteiger partial charge in [-0.05, 0) is 62.2 Å². The lowest BCUT2D eigenvalue weighted by atomic mass is 10.1. The molecule has 0 aliphatic rings. The summed E-state index contributed by atoms with van der Waals surface area (Å²) in [6, 6.07) is 15.3. The minimum atomic E-state index is -1.09. The second-order valence-electron chi connectivity index (χ2n) is 6.75. The highest BCUT2D eigenvalue weighted by atomic mass is 16.5. The molecule has 0 fully saturated rings. The average molecular weight is 407 g/mol. The van der Waals surface area contributed by atoms with Gasteiger partial charge in [-0.2, -0.15) is 0 Å². The van der Waals surface area contributed by atoms with Crippen LogP contribution in [0.1, 0.15) is 29.5 Å². The zero-order chi connectivity index (χ0) is 21.5. The average Bonchev–Trinajstić information content (AvgIpc) is 3.10. The van der Waals surface area contributed by atoms with Gasteiger partial charge in [0.15, 0.2) is 0 Å². The first-order valence-electron chi connectivity index (χ1n) is 9.81. The molecule has 1 N–H and O–H groups in total. The molecule has 0 bridgehead atoms. The number of carbonyl (C=O) groups is 1. The standard InChI is InChI=1S/C24H25NO5/c1-4-28-22(24(26)27)15-19-10-11-20(14-16(19)2)29-13-12-21-17(3)30-23(25-21)18-8-6-5-7-9-18/h5-11,14-15H,4,12-13H2,1-3H3,(H,26,27). The number of rotatable bonds is 9. The van der Waals surface area contributed by atoms with Gasteiger partial charge in [-0.15, -0.1) is 0 Å². The first-order valence-corrected chi connectivity index (χ1v) is 9.81. The third kappa shape index (κ3) is 5.29. The van der Waals surface area contributed by atoms with E-state index in [0.717, 1.165) is 28.1 Å². The summed E-state index contributed by atoms with van der Waals surface area (Å²) in [7, 11) is 0. The molecule has 30 heavy (non-hydrogen) atoms. The Hall–Kier alpha value is -3.54. The fourth-order valence-corrected chi connectivity index (χ4v) is 2.99. The first-order chi connectivity index (χ1) is 14.5. The lowest BCUT2D eigenvalue weighted by Gasteiger charge is -2.09. The molecule has 0 saturated carbocycles. The van der Waals surface area contributed by atoms with Crippen LogP contribution in [-0.4, -0.2) is 29.3 Å². The Bertz CT molecular complexity index is 1040. The van der Waals surface area contributed by atoms with Crippen molar-refractivity contribution < 1.29 is 23.8 Å². The summed E-state index contributed by atoms with van der Waals surface area (Å²) in [4.78, 5) is 15.8. The van der Waals surface area contributed by atoms with Crippen LogP contribution in [0.25, 0.3) is 17.5 Å². The highest BCUT2D eigenvalue weighted by Crippen LogP contribution is 2.23. The Balaban J connectivity index is 1.63. The Morgan fingerprint density at radius 1 is 1.17 bits per heavy atom. The molecule has 0 aliphatic carbocycles. The third-order valence-electron chi connectivity index (χ3n) is 4.56. The molecule has 2 aromatic carbocycles. The van der Waals surface area contributed by atoms with E-state index in [9.17, 15) is 9.90 Å². The molecule has 6 nitrogen and oxygen atoms in total. The summed E-state index contributed by atoms with van der Waals surface area (Å²) >= 11 is 0. The molecular weight excluding hydrogens is 382 g/mol. The quantitative estimate of drug-likeness (QED) is 0.395. The summed E-state index contributed by atoms with van der Waals surface area (Å²) < 4.78 is 16.8. The zero-order valence-electron chi connectivity index (χ0n) is 17.3. The SMILES string of the molecule is CCOC(=Cc1ccc(OCCc2nc(-c3ccccc3)oc2C)cc1C)C(=O)O. The molecule has 1 heterocycles. The fourth-order valence-electron chi connectivity index (χ4n) is 2.99. The van der Waals surface area contributed by atoms with Crippen LogP contribution < -0.4 is 4.74 Å². The van der Waals surface area contributed by atoms with Crippen molar-refractivity contribution >= 4 is 12.0 Å². The molecule has 0 unspecified atom stereocenters. The second-order valence-corrected chi connectivity index (χ2v) is 6.75. The van der Waals surface area contributed by atoms with Gasteiger partial charge in [0, 0.05) is 12.0 Å². The van der Waals surface area contributed by atoms with Crippen LogP contribution >= 0.6 is 0 Å². The van der Waals surface area contributed by atoms with E-state index in [2.05, 4.69) is 4.98 Å². The summed E-state index contributed by atoms with van der Waals surface area (Å²) in [5.41, 5.74) is 3.48. The van der Waals surface area contributed by atoms with Crippen LogP contribution in [0.4, 0.5) is 0 Å². The zero-order valence-corrected chi connectivity index (χ0v) is 17.3. The molecule has 0 aliphatic heterocycles.